The molecule has 0 N–H and O–H groups in total. The van der Waals surface area contributed by atoms with Gasteiger partial charge in [-0.2, -0.15) is 0 Å². The van der Waals surface area contributed by atoms with E-state index >= 15 is 0 Å². The third-order valence-corrected chi connectivity index (χ3v) is 5.74. The van der Waals surface area contributed by atoms with Gasteiger partial charge < -0.3 is 4.74 Å². The molecular formula is C13H18ClIN2O. The van der Waals surface area contributed by atoms with Gasteiger partial charge in [0.05, 0.1) is 9.26 Å². The van der Waals surface area contributed by atoms with Crippen LogP contribution in [0.3, 0.4) is 0 Å². The molecule has 5 heteroatoms. The van der Waals surface area contributed by atoms with Crippen LogP contribution in [-0.4, -0.2) is 17.1 Å². The zero-order chi connectivity index (χ0) is 13.3. The highest BCUT2D eigenvalue weighted by molar-refractivity contribution is 14.1. The maximum atomic E-state index is 6.17. The lowest BCUT2D eigenvalue weighted by Crippen LogP contribution is -2.35. The van der Waals surface area contributed by atoms with Gasteiger partial charge in [0.2, 0.25) is 0 Å². The van der Waals surface area contributed by atoms with E-state index in [9.17, 15) is 0 Å². The Morgan fingerprint density at radius 2 is 1.94 bits per heavy atom. The highest BCUT2D eigenvalue weighted by Gasteiger charge is 2.39. The van der Waals surface area contributed by atoms with Crippen LogP contribution in [0.25, 0.3) is 0 Å². The Bertz CT molecular complexity index is 422. The highest BCUT2D eigenvalue weighted by Crippen LogP contribution is 2.41. The van der Waals surface area contributed by atoms with E-state index in [2.05, 4.69) is 39.5 Å². The topological polar surface area (TPSA) is 35.0 Å². The quantitative estimate of drug-likeness (QED) is 0.572. The van der Waals surface area contributed by atoms with Crippen molar-refractivity contribution < 1.29 is 4.74 Å². The molecule has 0 aliphatic heterocycles. The minimum atomic E-state index is -0.342. The van der Waals surface area contributed by atoms with Crippen molar-refractivity contribution in [3.63, 3.8) is 0 Å². The summed E-state index contributed by atoms with van der Waals surface area (Å²) in [6, 6.07) is 0. The average molecular weight is 381 g/mol. The molecule has 0 radical (unpaired) electrons. The Morgan fingerprint density at radius 1 is 1.33 bits per heavy atom. The third kappa shape index (κ3) is 2.65. The number of hydrogen-bond donors (Lipinski definition) is 0. The molecule has 3 nitrogen and oxygen atoms in total. The molecule has 1 saturated carbocycles. The Kier molecular flexibility index (Phi) is 4.49. The highest BCUT2D eigenvalue weighted by atomic mass is 127. The van der Waals surface area contributed by atoms with Gasteiger partial charge in [0, 0.05) is 7.11 Å². The molecule has 18 heavy (non-hydrogen) atoms. The van der Waals surface area contributed by atoms with E-state index in [0.29, 0.717) is 5.15 Å². The van der Waals surface area contributed by atoms with E-state index < -0.39 is 0 Å². The van der Waals surface area contributed by atoms with Crippen molar-refractivity contribution in [2.75, 3.05) is 7.11 Å². The number of halogens is 2. The first-order valence-electron chi connectivity index (χ1n) is 6.24. The second kappa shape index (κ2) is 5.59. The summed E-state index contributed by atoms with van der Waals surface area (Å²) in [5.41, 5.74) is 0.589. The summed E-state index contributed by atoms with van der Waals surface area (Å²) < 4.78 is 6.70. The Morgan fingerprint density at radius 3 is 2.44 bits per heavy atom. The van der Waals surface area contributed by atoms with Crippen molar-refractivity contribution in [3.8, 4) is 0 Å². The molecule has 1 aliphatic rings. The van der Waals surface area contributed by atoms with Gasteiger partial charge in [-0.25, -0.2) is 9.97 Å². The summed E-state index contributed by atoms with van der Waals surface area (Å²) in [4.78, 5) is 9.04. The summed E-state index contributed by atoms with van der Waals surface area (Å²) >= 11 is 8.35. The minimum absolute atomic E-state index is 0.342. The molecule has 0 bridgehead atoms. The van der Waals surface area contributed by atoms with E-state index in [-0.39, 0.29) is 5.60 Å². The molecule has 0 unspecified atom stereocenters. The second-order valence-electron chi connectivity index (χ2n) is 5.12. The third-order valence-electron chi connectivity index (χ3n) is 3.86. The van der Waals surface area contributed by atoms with Gasteiger partial charge in [-0.1, -0.05) is 18.5 Å². The standard InChI is InChI=1S/C13H18ClIN2O/c1-8-4-6-13(18-3,7-5-8)12-16-9(2)10(15)11(14)17-12/h8H,4-7H2,1-3H3. The van der Waals surface area contributed by atoms with Crippen molar-refractivity contribution in [2.45, 2.75) is 45.1 Å². The van der Waals surface area contributed by atoms with E-state index in [0.717, 1.165) is 46.7 Å². The van der Waals surface area contributed by atoms with Crippen LogP contribution >= 0.6 is 34.2 Å². The SMILES string of the molecule is COC1(c2nc(C)c(I)c(Cl)n2)CCC(C)CC1. The van der Waals surface area contributed by atoms with Gasteiger partial charge in [0.25, 0.3) is 0 Å². The average Bonchev–Trinajstić information content (AvgIpc) is 2.37. The molecule has 0 amide bonds. The summed E-state index contributed by atoms with van der Waals surface area (Å²) in [5.74, 6) is 1.51. The predicted molar refractivity (Wildman–Crippen MR) is 80.8 cm³/mol. The minimum Gasteiger partial charge on any atom is -0.370 e. The monoisotopic (exact) mass is 380 g/mol. The molecule has 1 aromatic rings. The number of methoxy groups -OCH3 is 1. The molecule has 1 heterocycles. The van der Waals surface area contributed by atoms with Crippen molar-refractivity contribution in [3.05, 3.63) is 20.2 Å². The fourth-order valence-corrected chi connectivity index (χ4v) is 2.93. The maximum absolute atomic E-state index is 6.17. The van der Waals surface area contributed by atoms with Crippen LogP contribution in [0.15, 0.2) is 0 Å². The second-order valence-corrected chi connectivity index (χ2v) is 6.56. The lowest BCUT2D eigenvalue weighted by Gasteiger charge is -2.37. The zero-order valence-electron chi connectivity index (χ0n) is 11.0. The lowest BCUT2D eigenvalue weighted by atomic mass is 9.79. The molecule has 2 rings (SSSR count). The number of aryl methyl sites for hydroxylation is 1. The number of aromatic nitrogens is 2. The molecule has 0 aromatic carbocycles. The van der Waals surface area contributed by atoms with Crippen LogP contribution in [0.1, 0.15) is 44.1 Å². The fourth-order valence-electron chi connectivity index (χ4n) is 2.48. The van der Waals surface area contributed by atoms with E-state index in [1.165, 1.54) is 0 Å². The lowest BCUT2D eigenvalue weighted by molar-refractivity contribution is -0.0598. The molecule has 1 aromatic heterocycles. The summed E-state index contributed by atoms with van der Waals surface area (Å²) in [7, 11) is 1.75. The zero-order valence-corrected chi connectivity index (χ0v) is 13.9. The van der Waals surface area contributed by atoms with E-state index in [1.807, 2.05) is 6.92 Å². The number of hydrogen-bond acceptors (Lipinski definition) is 3. The van der Waals surface area contributed by atoms with Crippen molar-refractivity contribution >= 4 is 34.2 Å². The van der Waals surface area contributed by atoms with Gasteiger partial charge in [-0.05, 0) is 61.1 Å². The molecule has 0 atom stereocenters. The van der Waals surface area contributed by atoms with Gasteiger partial charge in [0.15, 0.2) is 5.82 Å². The van der Waals surface area contributed by atoms with Gasteiger partial charge in [-0.15, -0.1) is 0 Å². The first-order chi connectivity index (χ1) is 8.48. The number of nitrogens with zero attached hydrogens (tertiary/aromatic N) is 2. The van der Waals surface area contributed by atoms with Crippen LogP contribution in [0.5, 0.6) is 0 Å². The molecule has 1 aliphatic carbocycles. The normalized spacial score (nSPS) is 28.4. The van der Waals surface area contributed by atoms with Crippen LogP contribution in [0.4, 0.5) is 0 Å². The Balaban J connectivity index is 2.39. The Hall–Kier alpha value is 0.0600. The molecule has 1 fully saturated rings. The van der Waals surface area contributed by atoms with Crippen LogP contribution < -0.4 is 0 Å². The van der Waals surface area contributed by atoms with E-state index in [1.54, 1.807) is 7.11 Å². The predicted octanol–water partition coefficient (Wildman–Crippen LogP) is 4.09. The van der Waals surface area contributed by atoms with Crippen LogP contribution in [-0.2, 0) is 10.3 Å². The van der Waals surface area contributed by atoms with Gasteiger partial charge in [-0.3, -0.25) is 0 Å². The van der Waals surface area contributed by atoms with E-state index in [4.69, 9.17) is 16.3 Å². The van der Waals surface area contributed by atoms with Crippen molar-refractivity contribution in [1.82, 2.24) is 9.97 Å². The van der Waals surface area contributed by atoms with Crippen molar-refractivity contribution in [1.29, 1.82) is 0 Å². The maximum Gasteiger partial charge on any atom is 0.162 e. The largest absolute Gasteiger partial charge is 0.370 e. The van der Waals surface area contributed by atoms with Gasteiger partial charge >= 0.3 is 0 Å². The fraction of sp³-hybridized carbons (Fsp3) is 0.692. The first-order valence-corrected chi connectivity index (χ1v) is 7.69. The summed E-state index contributed by atoms with van der Waals surface area (Å²) in [5, 5.41) is 0.535. The smallest absolute Gasteiger partial charge is 0.162 e. The molecule has 0 spiro atoms. The summed E-state index contributed by atoms with van der Waals surface area (Å²) in [6.45, 7) is 4.25. The van der Waals surface area contributed by atoms with Crippen LogP contribution in [0, 0.1) is 16.4 Å². The molecule has 0 saturated heterocycles. The first kappa shape index (κ1) is 14.5. The van der Waals surface area contributed by atoms with Gasteiger partial charge in [0.1, 0.15) is 10.8 Å². The Labute approximate surface area is 127 Å². The summed E-state index contributed by atoms with van der Waals surface area (Å²) in [6.07, 6.45) is 4.25. The number of rotatable bonds is 2. The van der Waals surface area contributed by atoms with Crippen molar-refractivity contribution in [2.24, 2.45) is 5.92 Å². The number of ether oxygens (including phenoxy) is 1. The molecule has 100 valence electrons. The molecular weight excluding hydrogens is 363 g/mol. The van der Waals surface area contributed by atoms with Crippen LogP contribution in [0.2, 0.25) is 5.15 Å².